The molecule has 0 bridgehead atoms. The molecule has 2 atom stereocenters. The number of benzene rings is 1. The van der Waals surface area contributed by atoms with E-state index in [0.717, 1.165) is 11.3 Å². The van der Waals surface area contributed by atoms with Crippen molar-refractivity contribution < 1.29 is 4.39 Å². The van der Waals surface area contributed by atoms with Crippen LogP contribution in [0.1, 0.15) is 44.0 Å². The molecule has 1 aromatic carbocycles. The van der Waals surface area contributed by atoms with Crippen molar-refractivity contribution in [1.29, 1.82) is 0 Å². The van der Waals surface area contributed by atoms with Crippen LogP contribution in [0.5, 0.6) is 0 Å². The number of imidazole rings is 1. The zero-order chi connectivity index (χ0) is 14.7. The Morgan fingerprint density at radius 3 is 2.40 bits per heavy atom. The van der Waals surface area contributed by atoms with Crippen molar-refractivity contribution in [3.8, 4) is 0 Å². The summed E-state index contributed by atoms with van der Waals surface area (Å²) in [5.41, 5.74) is 8.10. The van der Waals surface area contributed by atoms with Gasteiger partial charge in [-0.15, -0.1) is 0 Å². The summed E-state index contributed by atoms with van der Waals surface area (Å²) in [6.07, 6.45) is 3.71. The first-order valence-corrected chi connectivity index (χ1v) is 7.01. The molecule has 1 heterocycles. The van der Waals surface area contributed by atoms with E-state index in [1.165, 1.54) is 12.1 Å². The highest BCUT2D eigenvalue weighted by atomic mass is 19.1. The molecule has 0 fully saturated rings. The van der Waals surface area contributed by atoms with Crippen LogP contribution in [0.3, 0.4) is 0 Å². The minimum atomic E-state index is -0.214. The van der Waals surface area contributed by atoms with Crippen LogP contribution in [-0.2, 0) is 0 Å². The summed E-state index contributed by atoms with van der Waals surface area (Å²) >= 11 is 0. The molecule has 2 N–H and O–H groups in total. The highest BCUT2D eigenvalue weighted by molar-refractivity contribution is 5.22. The summed E-state index contributed by atoms with van der Waals surface area (Å²) in [6, 6.07) is 6.73. The standard InChI is InChI=1S/C16H22FN3/c1-11(2)15(8-18)16-9-19-10-20(16)12(3)13-4-6-14(17)7-5-13/h4-7,9-12,15H,8,18H2,1-3H3. The van der Waals surface area contributed by atoms with E-state index in [0.29, 0.717) is 12.5 Å². The number of halogens is 1. The van der Waals surface area contributed by atoms with Crippen LogP contribution in [-0.4, -0.2) is 16.1 Å². The van der Waals surface area contributed by atoms with E-state index in [9.17, 15) is 4.39 Å². The molecule has 0 amide bonds. The van der Waals surface area contributed by atoms with Gasteiger partial charge in [0.05, 0.1) is 12.4 Å². The molecule has 0 radical (unpaired) electrons. The second kappa shape index (κ2) is 6.18. The van der Waals surface area contributed by atoms with Crippen LogP contribution in [0.2, 0.25) is 0 Å². The molecular formula is C16H22FN3. The van der Waals surface area contributed by atoms with Crippen molar-refractivity contribution in [2.75, 3.05) is 6.54 Å². The SMILES string of the molecule is CC(C)C(CN)c1cncn1C(C)c1ccc(F)cc1. The second-order valence-corrected chi connectivity index (χ2v) is 5.54. The smallest absolute Gasteiger partial charge is 0.123 e. The van der Waals surface area contributed by atoms with Gasteiger partial charge < -0.3 is 10.3 Å². The summed E-state index contributed by atoms with van der Waals surface area (Å²) < 4.78 is 15.2. The van der Waals surface area contributed by atoms with Gasteiger partial charge in [-0.25, -0.2) is 9.37 Å². The third kappa shape index (κ3) is 2.90. The van der Waals surface area contributed by atoms with Crippen LogP contribution >= 0.6 is 0 Å². The Morgan fingerprint density at radius 2 is 1.85 bits per heavy atom. The van der Waals surface area contributed by atoms with Crippen LogP contribution < -0.4 is 5.73 Å². The van der Waals surface area contributed by atoms with Gasteiger partial charge in [0.1, 0.15) is 5.82 Å². The van der Waals surface area contributed by atoms with Crippen LogP contribution in [0.15, 0.2) is 36.8 Å². The molecule has 2 unspecified atom stereocenters. The van der Waals surface area contributed by atoms with Gasteiger partial charge in [-0.3, -0.25) is 0 Å². The summed E-state index contributed by atoms with van der Waals surface area (Å²) in [6.45, 7) is 7.01. The average Bonchev–Trinajstić information content (AvgIpc) is 2.88. The third-order valence-corrected chi connectivity index (χ3v) is 3.90. The van der Waals surface area contributed by atoms with Crippen molar-refractivity contribution in [3.63, 3.8) is 0 Å². The third-order valence-electron chi connectivity index (χ3n) is 3.90. The summed E-state index contributed by atoms with van der Waals surface area (Å²) in [4.78, 5) is 4.27. The van der Waals surface area contributed by atoms with Gasteiger partial charge in [0, 0.05) is 24.4 Å². The van der Waals surface area contributed by atoms with Gasteiger partial charge in [-0.05, 0) is 30.5 Å². The van der Waals surface area contributed by atoms with Crippen molar-refractivity contribution in [1.82, 2.24) is 9.55 Å². The lowest BCUT2D eigenvalue weighted by Crippen LogP contribution is -2.22. The number of aromatic nitrogens is 2. The number of nitrogens with zero attached hydrogens (tertiary/aromatic N) is 2. The first-order chi connectivity index (χ1) is 9.54. The van der Waals surface area contributed by atoms with Crippen molar-refractivity contribution in [3.05, 3.63) is 53.9 Å². The van der Waals surface area contributed by atoms with E-state index in [2.05, 4.69) is 30.3 Å². The molecule has 0 spiro atoms. The van der Waals surface area contributed by atoms with E-state index in [1.54, 1.807) is 0 Å². The van der Waals surface area contributed by atoms with Crippen molar-refractivity contribution in [2.45, 2.75) is 32.7 Å². The normalized spacial score (nSPS) is 14.5. The Bertz CT molecular complexity index is 545. The minimum Gasteiger partial charge on any atom is -0.330 e. The Morgan fingerprint density at radius 1 is 1.20 bits per heavy atom. The Labute approximate surface area is 119 Å². The average molecular weight is 275 g/mol. The maximum atomic E-state index is 13.0. The lowest BCUT2D eigenvalue weighted by molar-refractivity contribution is 0.463. The van der Waals surface area contributed by atoms with Crippen LogP contribution in [0.4, 0.5) is 4.39 Å². The Hall–Kier alpha value is -1.68. The molecule has 20 heavy (non-hydrogen) atoms. The second-order valence-electron chi connectivity index (χ2n) is 5.54. The molecule has 108 valence electrons. The molecule has 0 aliphatic carbocycles. The predicted molar refractivity (Wildman–Crippen MR) is 79.1 cm³/mol. The molecule has 0 saturated carbocycles. The Balaban J connectivity index is 2.33. The molecular weight excluding hydrogens is 253 g/mol. The molecule has 2 rings (SSSR count). The zero-order valence-corrected chi connectivity index (χ0v) is 12.3. The number of hydrogen-bond donors (Lipinski definition) is 1. The maximum absolute atomic E-state index is 13.0. The van der Waals surface area contributed by atoms with E-state index in [-0.39, 0.29) is 17.8 Å². The minimum absolute atomic E-state index is 0.112. The van der Waals surface area contributed by atoms with Gasteiger partial charge in [0.2, 0.25) is 0 Å². The highest BCUT2D eigenvalue weighted by Gasteiger charge is 2.21. The Kier molecular flexibility index (Phi) is 4.55. The molecule has 0 saturated heterocycles. The zero-order valence-electron chi connectivity index (χ0n) is 12.3. The molecule has 0 aliphatic rings. The van der Waals surface area contributed by atoms with E-state index < -0.39 is 0 Å². The van der Waals surface area contributed by atoms with E-state index >= 15 is 0 Å². The summed E-state index contributed by atoms with van der Waals surface area (Å²) in [5.74, 6) is 0.519. The van der Waals surface area contributed by atoms with E-state index in [4.69, 9.17) is 5.73 Å². The summed E-state index contributed by atoms with van der Waals surface area (Å²) in [7, 11) is 0. The lowest BCUT2D eigenvalue weighted by Gasteiger charge is -2.24. The number of nitrogens with two attached hydrogens (primary N) is 1. The quantitative estimate of drug-likeness (QED) is 0.909. The molecule has 3 nitrogen and oxygen atoms in total. The fraction of sp³-hybridized carbons (Fsp3) is 0.438. The number of rotatable bonds is 5. The van der Waals surface area contributed by atoms with Gasteiger partial charge in [0.25, 0.3) is 0 Å². The van der Waals surface area contributed by atoms with Crippen LogP contribution in [0.25, 0.3) is 0 Å². The molecule has 2 aromatic rings. The van der Waals surface area contributed by atoms with Crippen molar-refractivity contribution >= 4 is 0 Å². The van der Waals surface area contributed by atoms with Gasteiger partial charge in [0.15, 0.2) is 0 Å². The van der Waals surface area contributed by atoms with Crippen LogP contribution in [0, 0.1) is 11.7 Å². The fourth-order valence-corrected chi connectivity index (χ4v) is 2.56. The van der Waals surface area contributed by atoms with Gasteiger partial charge >= 0.3 is 0 Å². The van der Waals surface area contributed by atoms with Gasteiger partial charge in [-0.2, -0.15) is 0 Å². The fourth-order valence-electron chi connectivity index (χ4n) is 2.56. The predicted octanol–water partition coefficient (Wildman–Crippen LogP) is 3.33. The monoisotopic (exact) mass is 275 g/mol. The summed E-state index contributed by atoms with van der Waals surface area (Å²) in [5, 5.41) is 0. The molecule has 4 heteroatoms. The largest absolute Gasteiger partial charge is 0.330 e. The first kappa shape index (κ1) is 14.7. The number of hydrogen-bond acceptors (Lipinski definition) is 2. The lowest BCUT2D eigenvalue weighted by atomic mass is 9.92. The highest BCUT2D eigenvalue weighted by Crippen LogP contribution is 2.28. The topological polar surface area (TPSA) is 43.8 Å². The van der Waals surface area contributed by atoms with Crippen molar-refractivity contribution in [2.24, 2.45) is 11.7 Å². The van der Waals surface area contributed by atoms with Gasteiger partial charge in [-0.1, -0.05) is 26.0 Å². The first-order valence-electron chi connectivity index (χ1n) is 7.01. The maximum Gasteiger partial charge on any atom is 0.123 e. The molecule has 1 aromatic heterocycles. The molecule has 0 aliphatic heterocycles. The van der Waals surface area contributed by atoms with E-state index in [1.807, 2.05) is 24.7 Å².